The van der Waals surface area contributed by atoms with Crippen molar-refractivity contribution in [1.29, 1.82) is 0 Å². The average Bonchev–Trinajstić information content (AvgIpc) is 1.06. The molecule has 0 aromatic rings. The van der Waals surface area contributed by atoms with Crippen LogP contribution in [0.5, 0.6) is 0 Å². The molecule has 0 saturated carbocycles. The van der Waals surface area contributed by atoms with E-state index in [-0.39, 0.29) is 25.7 Å². The molecule has 0 aromatic carbocycles. The van der Waals surface area contributed by atoms with Gasteiger partial charge < -0.3 is 33.8 Å². The number of rotatable bonds is 79. The van der Waals surface area contributed by atoms with Gasteiger partial charge in [0.1, 0.15) is 19.3 Å². The summed E-state index contributed by atoms with van der Waals surface area (Å²) in [5.41, 5.74) is 0. The lowest BCUT2D eigenvalue weighted by Gasteiger charge is -2.21. The van der Waals surface area contributed by atoms with Crippen molar-refractivity contribution in [3.8, 4) is 0 Å². The highest BCUT2D eigenvalue weighted by Crippen LogP contribution is 2.45. The Kier molecular flexibility index (Phi) is 70.3. The van der Waals surface area contributed by atoms with Crippen LogP contribution in [0.4, 0.5) is 0 Å². The van der Waals surface area contributed by atoms with E-state index in [0.717, 1.165) is 102 Å². The molecule has 0 aromatic heterocycles. The normalized spacial score (nSPS) is 13.9. The molecule has 0 rings (SSSR count). The molecule has 0 radical (unpaired) electrons. The second-order valence-corrected chi connectivity index (χ2v) is 32.7. The van der Waals surface area contributed by atoms with Crippen LogP contribution in [0.25, 0.3) is 0 Å². The van der Waals surface area contributed by atoms with Crippen LogP contribution in [-0.2, 0) is 65.4 Å². The minimum absolute atomic E-state index is 0.107. The van der Waals surface area contributed by atoms with Gasteiger partial charge in [0, 0.05) is 25.7 Å². The van der Waals surface area contributed by atoms with Gasteiger partial charge in [-0.15, -0.1) is 0 Å². The SMILES string of the molecule is CCCCCCCCCCCCCCCCCCCCC(=O)O[C@H](COC(=O)CCCCCCCCCCCCCCCC(C)C)COP(=O)(O)OC[C@@H](O)COP(=O)(O)OC[C@@H](COC(=O)CCCCCCCCCCCC(C)C)OC(=O)CCCCCCCCCCCCCCC. The standard InChI is InChI=1S/C80H156O17P2/c1-7-9-11-13-15-17-19-21-22-23-24-25-29-34-40-47-53-59-65-80(85)96-75(68-90-77(82)62-56-50-44-38-32-30-26-28-31-36-42-48-54-60-72(3)4)70-94-98(86,87)92-66-74(81)67-93-99(88,89)95-71-76(69-91-78(83)63-57-51-45-41-35-37-43-49-55-61-73(5)6)97-79(84)64-58-52-46-39-33-27-20-18-16-14-12-10-8-2/h72-76,81H,7-71H2,1-6H3,(H,86,87)(H,88,89)/t74-,75-,76-/m1/s1. The van der Waals surface area contributed by atoms with Gasteiger partial charge in [0.25, 0.3) is 0 Å². The number of aliphatic hydroxyl groups excluding tert-OH is 1. The number of hydrogen-bond donors (Lipinski definition) is 3. The van der Waals surface area contributed by atoms with Gasteiger partial charge in [0.2, 0.25) is 0 Å². The highest BCUT2D eigenvalue weighted by Gasteiger charge is 2.30. The maximum absolute atomic E-state index is 13.1. The van der Waals surface area contributed by atoms with Gasteiger partial charge in [-0.05, 0) is 37.5 Å². The monoisotopic (exact) mass is 1450 g/mol. The number of ether oxygens (including phenoxy) is 4. The van der Waals surface area contributed by atoms with E-state index < -0.39 is 97.5 Å². The average molecular weight is 1450 g/mol. The van der Waals surface area contributed by atoms with Crippen molar-refractivity contribution < 1.29 is 80.2 Å². The molecule has 19 heteroatoms. The molecule has 0 aliphatic carbocycles. The summed E-state index contributed by atoms with van der Waals surface area (Å²) in [6.07, 6.45) is 60.9. The first-order valence-electron chi connectivity index (χ1n) is 41.5. The van der Waals surface area contributed by atoms with Crippen LogP contribution >= 0.6 is 15.6 Å². The van der Waals surface area contributed by atoms with Crippen molar-refractivity contribution in [3.05, 3.63) is 0 Å². The number of phosphoric acid groups is 2. The summed E-state index contributed by atoms with van der Waals surface area (Å²) < 4.78 is 68.7. The van der Waals surface area contributed by atoms with E-state index >= 15 is 0 Å². The van der Waals surface area contributed by atoms with E-state index in [4.69, 9.17) is 37.0 Å². The Morgan fingerprint density at radius 3 is 0.687 bits per heavy atom. The van der Waals surface area contributed by atoms with Crippen LogP contribution in [0, 0.1) is 11.8 Å². The van der Waals surface area contributed by atoms with Crippen molar-refractivity contribution in [2.24, 2.45) is 11.8 Å². The molecule has 0 saturated heterocycles. The zero-order chi connectivity index (χ0) is 72.8. The summed E-state index contributed by atoms with van der Waals surface area (Å²) in [6, 6.07) is 0. The molecule has 0 amide bonds. The summed E-state index contributed by atoms with van der Waals surface area (Å²) in [4.78, 5) is 73.0. The number of aliphatic hydroxyl groups is 1. The molecule has 0 spiro atoms. The highest BCUT2D eigenvalue weighted by atomic mass is 31.2. The topological polar surface area (TPSA) is 237 Å². The van der Waals surface area contributed by atoms with E-state index in [2.05, 4.69) is 41.5 Å². The van der Waals surface area contributed by atoms with Crippen LogP contribution in [0.3, 0.4) is 0 Å². The van der Waals surface area contributed by atoms with Crippen molar-refractivity contribution in [2.75, 3.05) is 39.6 Å². The number of carbonyl (C=O) groups excluding carboxylic acids is 4. The number of unbranched alkanes of at least 4 members (excludes halogenated alkanes) is 49. The molecule has 2 unspecified atom stereocenters. The predicted molar refractivity (Wildman–Crippen MR) is 405 cm³/mol. The number of phosphoric ester groups is 2. The van der Waals surface area contributed by atoms with Gasteiger partial charge >= 0.3 is 39.5 Å². The second-order valence-electron chi connectivity index (χ2n) is 29.8. The Labute approximate surface area is 607 Å². The molecule has 17 nitrogen and oxygen atoms in total. The molecule has 99 heavy (non-hydrogen) atoms. The molecular weight excluding hydrogens is 1290 g/mol. The van der Waals surface area contributed by atoms with Crippen LogP contribution in [-0.4, -0.2) is 96.7 Å². The minimum Gasteiger partial charge on any atom is -0.462 e. The maximum atomic E-state index is 13.1. The van der Waals surface area contributed by atoms with Crippen molar-refractivity contribution in [3.63, 3.8) is 0 Å². The van der Waals surface area contributed by atoms with Crippen LogP contribution in [0.15, 0.2) is 0 Å². The first-order chi connectivity index (χ1) is 47.9. The largest absolute Gasteiger partial charge is 0.472 e. The summed E-state index contributed by atoms with van der Waals surface area (Å²) in [6.45, 7) is 9.63. The Morgan fingerprint density at radius 1 is 0.273 bits per heavy atom. The van der Waals surface area contributed by atoms with Crippen molar-refractivity contribution >= 4 is 39.5 Å². The summed E-state index contributed by atoms with van der Waals surface area (Å²) in [7, 11) is -9.92. The molecule has 0 heterocycles. The lowest BCUT2D eigenvalue weighted by Crippen LogP contribution is -2.30. The fourth-order valence-corrected chi connectivity index (χ4v) is 13.9. The van der Waals surface area contributed by atoms with Gasteiger partial charge in [-0.25, -0.2) is 9.13 Å². The summed E-state index contributed by atoms with van der Waals surface area (Å²) >= 11 is 0. The fraction of sp³-hybridized carbons (Fsp3) is 0.950. The summed E-state index contributed by atoms with van der Waals surface area (Å²) in [5.74, 6) is -0.573. The first kappa shape index (κ1) is 97.1. The quantitative estimate of drug-likeness (QED) is 0.0222. The van der Waals surface area contributed by atoms with Crippen LogP contribution in [0.2, 0.25) is 0 Å². The number of esters is 4. The zero-order valence-corrected chi connectivity index (χ0v) is 66.6. The van der Waals surface area contributed by atoms with Crippen molar-refractivity contribution in [1.82, 2.24) is 0 Å². The molecule has 0 fully saturated rings. The van der Waals surface area contributed by atoms with E-state index in [1.165, 1.54) is 238 Å². The molecule has 588 valence electrons. The van der Waals surface area contributed by atoms with E-state index in [0.29, 0.717) is 25.7 Å². The Hall–Kier alpha value is -1.94. The molecular formula is C80H156O17P2. The van der Waals surface area contributed by atoms with Crippen LogP contribution < -0.4 is 0 Å². The first-order valence-corrected chi connectivity index (χ1v) is 44.5. The van der Waals surface area contributed by atoms with Gasteiger partial charge in [0.15, 0.2) is 12.2 Å². The van der Waals surface area contributed by atoms with Crippen molar-refractivity contribution in [2.45, 2.75) is 439 Å². The maximum Gasteiger partial charge on any atom is 0.472 e. The Bertz CT molecular complexity index is 1910. The van der Waals surface area contributed by atoms with Gasteiger partial charge in [-0.3, -0.25) is 37.3 Å². The van der Waals surface area contributed by atoms with E-state index in [1.807, 2.05) is 0 Å². The highest BCUT2D eigenvalue weighted by molar-refractivity contribution is 7.47. The number of hydrogen-bond acceptors (Lipinski definition) is 15. The lowest BCUT2D eigenvalue weighted by molar-refractivity contribution is -0.161. The predicted octanol–water partition coefficient (Wildman–Crippen LogP) is 23.9. The smallest absolute Gasteiger partial charge is 0.462 e. The molecule has 0 aliphatic rings. The fourth-order valence-electron chi connectivity index (χ4n) is 12.4. The molecule has 0 aliphatic heterocycles. The Morgan fingerprint density at radius 2 is 0.465 bits per heavy atom. The zero-order valence-electron chi connectivity index (χ0n) is 64.8. The third-order valence-electron chi connectivity index (χ3n) is 18.7. The minimum atomic E-state index is -4.96. The number of carbonyl (C=O) groups is 4. The third-order valence-corrected chi connectivity index (χ3v) is 20.6. The Balaban J connectivity index is 5.26. The van der Waals surface area contributed by atoms with Crippen LogP contribution in [0.1, 0.15) is 420 Å². The lowest BCUT2D eigenvalue weighted by atomic mass is 10.0. The summed E-state index contributed by atoms with van der Waals surface area (Å²) in [5, 5.41) is 10.6. The van der Waals surface area contributed by atoms with Gasteiger partial charge in [-0.1, -0.05) is 369 Å². The van der Waals surface area contributed by atoms with Gasteiger partial charge in [-0.2, -0.15) is 0 Å². The second kappa shape index (κ2) is 71.7. The third kappa shape index (κ3) is 74.1. The van der Waals surface area contributed by atoms with E-state index in [9.17, 15) is 43.2 Å². The molecule has 5 atom stereocenters. The van der Waals surface area contributed by atoms with E-state index in [1.54, 1.807) is 0 Å². The molecule has 3 N–H and O–H groups in total. The molecule has 0 bridgehead atoms. The van der Waals surface area contributed by atoms with Gasteiger partial charge in [0.05, 0.1) is 26.4 Å².